The molecule has 0 amide bonds. The lowest BCUT2D eigenvalue weighted by Gasteiger charge is -2.02. The molecule has 5 nitrogen and oxygen atoms in total. The van der Waals surface area contributed by atoms with Gasteiger partial charge in [-0.15, -0.1) is 0 Å². The van der Waals surface area contributed by atoms with Crippen molar-refractivity contribution in [3.63, 3.8) is 0 Å². The molecule has 98 valence electrons. The lowest BCUT2D eigenvalue weighted by Crippen LogP contribution is -2.09. The van der Waals surface area contributed by atoms with Gasteiger partial charge in [0.05, 0.1) is 0 Å². The highest BCUT2D eigenvalue weighted by molar-refractivity contribution is 7.09. The SMILES string of the molecule is FC(F)(F)c1nsc(NCCCn2cccn2)n1. The molecule has 0 aliphatic rings. The minimum atomic E-state index is -4.48. The van der Waals surface area contributed by atoms with Crippen molar-refractivity contribution in [3.8, 4) is 0 Å². The fraction of sp³-hybridized carbons (Fsp3) is 0.444. The average Bonchev–Trinajstić information content (AvgIpc) is 2.95. The van der Waals surface area contributed by atoms with E-state index < -0.39 is 12.0 Å². The van der Waals surface area contributed by atoms with Gasteiger partial charge < -0.3 is 5.32 Å². The molecule has 0 saturated heterocycles. The zero-order chi connectivity index (χ0) is 13.0. The second-order valence-corrected chi connectivity index (χ2v) is 4.22. The van der Waals surface area contributed by atoms with E-state index in [0.29, 0.717) is 24.6 Å². The van der Waals surface area contributed by atoms with Crippen LogP contribution >= 0.6 is 11.5 Å². The van der Waals surface area contributed by atoms with Gasteiger partial charge in [-0.05, 0) is 12.5 Å². The van der Waals surface area contributed by atoms with Gasteiger partial charge >= 0.3 is 6.18 Å². The number of nitrogens with zero attached hydrogens (tertiary/aromatic N) is 4. The maximum Gasteiger partial charge on any atom is 0.452 e. The summed E-state index contributed by atoms with van der Waals surface area (Å²) in [4.78, 5) is 3.36. The molecule has 1 N–H and O–H groups in total. The van der Waals surface area contributed by atoms with Gasteiger partial charge in [0.1, 0.15) is 0 Å². The van der Waals surface area contributed by atoms with Gasteiger partial charge in [0.25, 0.3) is 0 Å². The quantitative estimate of drug-likeness (QED) is 0.852. The largest absolute Gasteiger partial charge is 0.452 e. The van der Waals surface area contributed by atoms with Crippen LogP contribution in [0.25, 0.3) is 0 Å². The van der Waals surface area contributed by atoms with Crippen molar-refractivity contribution >= 4 is 16.7 Å². The predicted octanol–water partition coefficient (Wildman–Crippen LogP) is 2.26. The first-order chi connectivity index (χ1) is 8.55. The van der Waals surface area contributed by atoms with E-state index >= 15 is 0 Å². The van der Waals surface area contributed by atoms with E-state index in [1.807, 2.05) is 12.3 Å². The fourth-order valence-corrected chi connectivity index (χ4v) is 1.89. The molecule has 2 aromatic heterocycles. The van der Waals surface area contributed by atoms with Crippen LogP contribution in [0.5, 0.6) is 0 Å². The number of halogens is 3. The third-order valence-corrected chi connectivity index (χ3v) is 2.75. The van der Waals surface area contributed by atoms with Crippen LogP contribution in [0, 0.1) is 0 Å². The minimum Gasteiger partial charge on any atom is -0.360 e. The molecular formula is C9H10F3N5S. The van der Waals surface area contributed by atoms with E-state index in [0.717, 1.165) is 6.42 Å². The molecule has 0 fully saturated rings. The molecule has 0 spiro atoms. The molecule has 18 heavy (non-hydrogen) atoms. The Labute approximate surface area is 105 Å². The van der Waals surface area contributed by atoms with Crippen molar-refractivity contribution in [3.05, 3.63) is 24.3 Å². The van der Waals surface area contributed by atoms with Crippen LogP contribution in [-0.4, -0.2) is 25.7 Å². The van der Waals surface area contributed by atoms with Crippen molar-refractivity contribution in [2.45, 2.75) is 19.1 Å². The maximum absolute atomic E-state index is 12.2. The van der Waals surface area contributed by atoms with E-state index in [1.54, 1.807) is 10.9 Å². The Morgan fingerprint density at radius 1 is 1.39 bits per heavy atom. The number of anilines is 1. The smallest absolute Gasteiger partial charge is 0.360 e. The van der Waals surface area contributed by atoms with Crippen LogP contribution in [0.1, 0.15) is 12.2 Å². The van der Waals surface area contributed by atoms with Crippen LogP contribution in [0.15, 0.2) is 18.5 Å². The van der Waals surface area contributed by atoms with Crippen LogP contribution in [0.4, 0.5) is 18.3 Å². The average molecular weight is 277 g/mol. The molecule has 0 aromatic carbocycles. The Bertz CT molecular complexity index is 479. The number of nitrogens with one attached hydrogen (secondary N) is 1. The Hall–Kier alpha value is -1.64. The molecule has 0 aliphatic carbocycles. The summed E-state index contributed by atoms with van der Waals surface area (Å²) in [5.41, 5.74) is 0. The molecule has 0 atom stereocenters. The van der Waals surface area contributed by atoms with E-state index in [-0.39, 0.29) is 5.13 Å². The molecule has 9 heteroatoms. The molecule has 0 unspecified atom stereocenters. The Balaban J connectivity index is 1.75. The highest BCUT2D eigenvalue weighted by Crippen LogP contribution is 2.28. The molecule has 0 radical (unpaired) electrons. The predicted molar refractivity (Wildman–Crippen MR) is 60.2 cm³/mol. The number of aryl methyl sites for hydroxylation is 1. The van der Waals surface area contributed by atoms with Gasteiger partial charge in [-0.2, -0.15) is 27.6 Å². The van der Waals surface area contributed by atoms with Gasteiger partial charge in [0.2, 0.25) is 11.0 Å². The van der Waals surface area contributed by atoms with Crippen LogP contribution in [0.3, 0.4) is 0 Å². The molecule has 0 saturated carbocycles. The topological polar surface area (TPSA) is 55.6 Å². The summed E-state index contributed by atoms with van der Waals surface area (Å²) in [7, 11) is 0. The standard InChI is InChI=1S/C9H10F3N5S/c10-9(11,12)7-15-8(18-16-7)13-3-1-5-17-6-2-4-14-17/h2,4,6H,1,3,5H2,(H,13,15,16). The molecule has 2 heterocycles. The number of hydrogen-bond donors (Lipinski definition) is 1. The van der Waals surface area contributed by atoms with Gasteiger partial charge in [-0.1, -0.05) is 0 Å². The first kappa shape index (κ1) is 12.8. The summed E-state index contributed by atoms with van der Waals surface area (Å²) in [6.07, 6.45) is -0.241. The molecule has 2 rings (SSSR count). The Morgan fingerprint density at radius 2 is 2.22 bits per heavy atom. The first-order valence-electron chi connectivity index (χ1n) is 5.18. The normalized spacial score (nSPS) is 11.7. The van der Waals surface area contributed by atoms with Crippen molar-refractivity contribution in [2.24, 2.45) is 0 Å². The number of aromatic nitrogens is 4. The summed E-state index contributed by atoms with van der Waals surface area (Å²) >= 11 is 0.710. The van der Waals surface area contributed by atoms with Crippen molar-refractivity contribution in [1.82, 2.24) is 19.1 Å². The van der Waals surface area contributed by atoms with Crippen molar-refractivity contribution < 1.29 is 13.2 Å². The Kier molecular flexibility index (Phi) is 3.80. The zero-order valence-corrected chi connectivity index (χ0v) is 10.0. The summed E-state index contributed by atoms with van der Waals surface area (Å²) in [6, 6.07) is 1.81. The van der Waals surface area contributed by atoms with Crippen molar-refractivity contribution in [1.29, 1.82) is 0 Å². The molecular weight excluding hydrogens is 267 g/mol. The van der Waals surface area contributed by atoms with Gasteiger partial charge in [-0.25, -0.2) is 0 Å². The highest BCUT2D eigenvalue weighted by atomic mass is 32.1. The number of hydrogen-bond acceptors (Lipinski definition) is 5. The lowest BCUT2D eigenvalue weighted by molar-refractivity contribution is -0.144. The van der Waals surface area contributed by atoms with Gasteiger partial charge in [0.15, 0.2) is 0 Å². The third kappa shape index (κ3) is 3.42. The van der Waals surface area contributed by atoms with E-state index in [2.05, 4.69) is 19.8 Å². The summed E-state index contributed by atoms with van der Waals surface area (Å²) in [5.74, 6) is -1.10. The van der Waals surface area contributed by atoms with Crippen LogP contribution in [-0.2, 0) is 12.7 Å². The fourth-order valence-electron chi connectivity index (χ4n) is 1.28. The minimum absolute atomic E-state index is 0.183. The molecule has 0 aliphatic heterocycles. The molecule has 0 bridgehead atoms. The lowest BCUT2D eigenvalue weighted by atomic mass is 10.4. The Morgan fingerprint density at radius 3 is 2.83 bits per heavy atom. The summed E-state index contributed by atoms with van der Waals surface area (Å²) in [6.45, 7) is 1.22. The van der Waals surface area contributed by atoms with Crippen molar-refractivity contribution in [2.75, 3.05) is 11.9 Å². The molecule has 2 aromatic rings. The third-order valence-electron chi connectivity index (χ3n) is 2.08. The maximum atomic E-state index is 12.2. The monoisotopic (exact) mass is 277 g/mol. The summed E-state index contributed by atoms with van der Waals surface area (Å²) in [5, 5.41) is 7.00. The first-order valence-corrected chi connectivity index (χ1v) is 5.95. The number of rotatable bonds is 5. The van der Waals surface area contributed by atoms with Crippen LogP contribution in [0.2, 0.25) is 0 Å². The van der Waals surface area contributed by atoms with E-state index in [4.69, 9.17) is 0 Å². The second-order valence-electron chi connectivity index (χ2n) is 3.47. The second kappa shape index (κ2) is 5.34. The highest BCUT2D eigenvalue weighted by Gasteiger charge is 2.35. The van der Waals surface area contributed by atoms with Gasteiger partial charge in [0, 0.05) is 37.0 Å². The summed E-state index contributed by atoms with van der Waals surface area (Å²) < 4.78 is 41.6. The van der Waals surface area contributed by atoms with E-state index in [1.165, 1.54) is 0 Å². The van der Waals surface area contributed by atoms with Crippen LogP contribution < -0.4 is 5.32 Å². The number of alkyl halides is 3. The zero-order valence-electron chi connectivity index (χ0n) is 9.18. The van der Waals surface area contributed by atoms with E-state index in [9.17, 15) is 13.2 Å². The van der Waals surface area contributed by atoms with Gasteiger partial charge in [-0.3, -0.25) is 4.68 Å².